The van der Waals surface area contributed by atoms with Gasteiger partial charge in [0.05, 0.1) is 21.1 Å². The van der Waals surface area contributed by atoms with Crippen molar-refractivity contribution in [3.05, 3.63) is 0 Å². The molecule has 1 N–H and O–H groups in total. The highest BCUT2D eigenvalue weighted by Gasteiger charge is 2.15. The Bertz CT molecular complexity index is 67.9. The van der Waals surface area contributed by atoms with Gasteiger partial charge in [0.15, 0.2) is 6.23 Å². The molecule has 1 atom stereocenters. The molecule has 0 fully saturated rings. The van der Waals surface area contributed by atoms with E-state index < -0.39 is 0 Å². The predicted molar refractivity (Wildman–Crippen MR) is 36.4 cm³/mol. The van der Waals surface area contributed by atoms with Gasteiger partial charge in [-0.2, -0.15) is 0 Å². The van der Waals surface area contributed by atoms with Crippen LogP contribution in [0.1, 0.15) is 6.92 Å². The zero-order chi connectivity index (χ0) is 6.78. The molecule has 0 amide bonds. The lowest BCUT2D eigenvalue weighted by Gasteiger charge is -2.29. The first kappa shape index (κ1) is 11.6. The Hall–Kier alpha value is -0.120. The third-order valence-corrected chi connectivity index (χ3v) is 1.43. The summed E-state index contributed by atoms with van der Waals surface area (Å²) in [6.07, 6.45) is 0.287. The molecule has 9 heavy (non-hydrogen) atoms. The van der Waals surface area contributed by atoms with Gasteiger partial charge in [-0.25, -0.2) is 0 Å². The SMILES string of the molecule is COC(C)[N+](C)(C)C.[OH-]. The second kappa shape index (κ2) is 3.82. The summed E-state index contributed by atoms with van der Waals surface area (Å²) in [4.78, 5) is 0. The number of hydrogen-bond acceptors (Lipinski definition) is 2. The molecule has 0 aromatic carbocycles. The van der Waals surface area contributed by atoms with Crippen LogP contribution in [0.25, 0.3) is 0 Å². The van der Waals surface area contributed by atoms with Crippen LogP contribution in [0.15, 0.2) is 0 Å². The van der Waals surface area contributed by atoms with Crippen molar-refractivity contribution in [3.63, 3.8) is 0 Å². The van der Waals surface area contributed by atoms with Crippen molar-refractivity contribution in [1.29, 1.82) is 0 Å². The zero-order valence-corrected chi connectivity index (χ0v) is 6.88. The van der Waals surface area contributed by atoms with Gasteiger partial charge in [0, 0.05) is 14.0 Å². The molecule has 3 nitrogen and oxygen atoms in total. The Morgan fingerprint density at radius 2 is 1.56 bits per heavy atom. The van der Waals surface area contributed by atoms with Crippen molar-refractivity contribution in [3.8, 4) is 0 Å². The summed E-state index contributed by atoms with van der Waals surface area (Å²) < 4.78 is 5.94. The summed E-state index contributed by atoms with van der Waals surface area (Å²) in [5.74, 6) is 0. The van der Waals surface area contributed by atoms with Crippen molar-refractivity contribution in [2.45, 2.75) is 13.2 Å². The summed E-state index contributed by atoms with van der Waals surface area (Å²) in [7, 11) is 8.05. The number of ether oxygens (including phenoxy) is 1. The minimum atomic E-state index is 0. The lowest BCUT2D eigenvalue weighted by atomic mass is 10.5. The van der Waals surface area contributed by atoms with E-state index in [-0.39, 0.29) is 11.7 Å². The second-order valence-corrected chi connectivity index (χ2v) is 2.95. The van der Waals surface area contributed by atoms with Crippen LogP contribution in [0.5, 0.6) is 0 Å². The molecule has 0 saturated heterocycles. The first-order chi connectivity index (χ1) is 3.48. The lowest BCUT2D eigenvalue weighted by Crippen LogP contribution is -2.44. The largest absolute Gasteiger partial charge is 0.870 e. The van der Waals surface area contributed by atoms with Crippen molar-refractivity contribution in [2.24, 2.45) is 0 Å². The summed E-state index contributed by atoms with van der Waals surface area (Å²) in [5, 5.41) is 0. The molecule has 0 aromatic heterocycles. The molecule has 0 radical (unpaired) electrons. The normalized spacial score (nSPS) is 14.3. The maximum Gasteiger partial charge on any atom is 0.189 e. The molecule has 0 bridgehead atoms. The average molecular weight is 135 g/mol. The van der Waals surface area contributed by atoms with Crippen LogP contribution in [-0.4, -0.2) is 44.4 Å². The van der Waals surface area contributed by atoms with Crippen molar-refractivity contribution in [2.75, 3.05) is 28.3 Å². The molecular weight excluding hydrogens is 118 g/mol. The molecule has 0 heterocycles. The van der Waals surface area contributed by atoms with Crippen molar-refractivity contribution < 1.29 is 14.7 Å². The molecule has 0 aliphatic rings. The smallest absolute Gasteiger partial charge is 0.189 e. The van der Waals surface area contributed by atoms with Crippen LogP contribution in [0, 0.1) is 0 Å². The maximum absolute atomic E-state index is 5.09. The maximum atomic E-state index is 5.09. The van der Waals surface area contributed by atoms with Crippen LogP contribution in [0.4, 0.5) is 0 Å². The van der Waals surface area contributed by atoms with Gasteiger partial charge >= 0.3 is 0 Å². The fourth-order valence-electron chi connectivity index (χ4n) is 0.316. The highest BCUT2D eigenvalue weighted by atomic mass is 16.5. The fraction of sp³-hybridized carbons (Fsp3) is 1.00. The molecule has 0 aromatic rings. The fourth-order valence-corrected chi connectivity index (χ4v) is 0.316. The Morgan fingerprint density at radius 1 is 1.22 bits per heavy atom. The van der Waals surface area contributed by atoms with Crippen LogP contribution in [0.3, 0.4) is 0 Å². The van der Waals surface area contributed by atoms with Crippen molar-refractivity contribution >= 4 is 0 Å². The van der Waals surface area contributed by atoms with E-state index in [9.17, 15) is 0 Å². The number of nitrogens with zero attached hydrogens (tertiary/aromatic N) is 1. The minimum Gasteiger partial charge on any atom is -0.870 e. The van der Waals surface area contributed by atoms with E-state index in [0.717, 1.165) is 4.48 Å². The van der Waals surface area contributed by atoms with Gasteiger partial charge in [0.1, 0.15) is 0 Å². The standard InChI is InChI=1S/C6H16NO.H2O/c1-6(8-5)7(2,3)4;/h6H,1-5H3;1H2/q+1;/p-1. The van der Waals surface area contributed by atoms with Crippen LogP contribution in [-0.2, 0) is 4.74 Å². The summed E-state index contributed by atoms with van der Waals surface area (Å²) in [5.41, 5.74) is 0. The molecule has 3 heteroatoms. The van der Waals surface area contributed by atoms with Gasteiger partial charge < -0.3 is 14.7 Å². The van der Waals surface area contributed by atoms with Gasteiger partial charge in [0.25, 0.3) is 0 Å². The first-order valence-corrected chi connectivity index (χ1v) is 2.82. The Kier molecular flexibility index (Phi) is 4.95. The van der Waals surface area contributed by atoms with E-state index in [1.807, 2.05) is 0 Å². The molecule has 1 unspecified atom stereocenters. The lowest BCUT2D eigenvalue weighted by molar-refractivity contribution is -0.916. The number of quaternary nitrogens is 1. The summed E-state index contributed by atoms with van der Waals surface area (Å²) in [6, 6.07) is 0. The molecule has 0 saturated carbocycles. The van der Waals surface area contributed by atoms with Gasteiger partial charge in [-0.1, -0.05) is 0 Å². The van der Waals surface area contributed by atoms with Crippen LogP contribution >= 0.6 is 0 Å². The molecule has 0 spiro atoms. The highest BCUT2D eigenvalue weighted by Crippen LogP contribution is 2.00. The van der Waals surface area contributed by atoms with E-state index >= 15 is 0 Å². The number of rotatable bonds is 2. The van der Waals surface area contributed by atoms with Crippen LogP contribution in [0.2, 0.25) is 0 Å². The third kappa shape index (κ3) is 4.39. The van der Waals surface area contributed by atoms with E-state index in [4.69, 9.17) is 4.74 Å². The number of methoxy groups -OCH3 is 1. The van der Waals surface area contributed by atoms with E-state index in [1.165, 1.54) is 0 Å². The average Bonchev–Trinajstić information content (AvgIpc) is 1.62. The topological polar surface area (TPSA) is 39.2 Å². The Morgan fingerprint density at radius 3 is 1.56 bits per heavy atom. The minimum absolute atomic E-state index is 0. The van der Waals surface area contributed by atoms with Crippen LogP contribution < -0.4 is 0 Å². The van der Waals surface area contributed by atoms with E-state index in [0.29, 0.717) is 0 Å². The molecule has 58 valence electrons. The molecular formula is C6H17NO2. The monoisotopic (exact) mass is 135 g/mol. The molecule has 0 rings (SSSR count). The zero-order valence-electron chi connectivity index (χ0n) is 6.88. The summed E-state index contributed by atoms with van der Waals surface area (Å²) >= 11 is 0. The highest BCUT2D eigenvalue weighted by molar-refractivity contribution is 4.23. The second-order valence-electron chi connectivity index (χ2n) is 2.95. The van der Waals surface area contributed by atoms with E-state index in [1.54, 1.807) is 7.11 Å². The van der Waals surface area contributed by atoms with E-state index in [2.05, 4.69) is 28.1 Å². The van der Waals surface area contributed by atoms with Gasteiger partial charge in [-0.15, -0.1) is 0 Å². The van der Waals surface area contributed by atoms with Gasteiger partial charge in [-0.3, -0.25) is 0 Å². The first-order valence-electron chi connectivity index (χ1n) is 2.82. The third-order valence-electron chi connectivity index (χ3n) is 1.43. The van der Waals surface area contributed by atoms with Crippen molar-refractivity contribution in [1.82, 2.24) is 0 Å². The quantitative estimate of drug-likeness (QED) is 0.409. The predicted octanol–water partition coefficient (Wildman–Crippen LogP) is 0.508. The Balaban J connectivity index is 0. The molecule has 0 aliphatic carbocycles. The summed E-state index contributed by atoms with van der Waals surface area (Å²) in [6.45, 7) is 2.06. The van der Waals surface area contributed by atoms with Gasteiger partial charge in [0.2, 0.25) is 0 Å². The van der Waals surface area contributed by atoms with Gasteiger partial charge in [-0.05, 0) is 0 Å². The molecule has 0 aliphatic heterocycles. The number of hydrogen-bond donors (Lipinski definition) is 0. The Labute approximate surface area is 57.1 Å².